The van der Waals surface area contributed by atoms with E-state index in [0.29, 0.717) is 5.92 Å². The van der Waals surface area contributed by atoms with Gasteiger partial charge < -0.3 is 5.11 Å². The maximum Gasteiger partial charge on any atom is 0.164 e. The summed E-state index contributed by atoms with van der Waals surface area (Å²) in [6.07, 6.45) is 7.88. The molecular formula is C45H56IrNO2S3-. The summed E-state index contributed by atoms with van der Waals surface area (Å²) < 4.78 is 5.36. The molecule has 3 nitrogen and oxygen atoms in total. The summed E-state index contributed by atoms with van der Waals surface area (Å²) in [6.45, 7) is 25.9. The first kappa shape index (κ1) is 42.3. The van der Waals surface area contributed by atoms with Gasteiger partial charge in [0.2, 0.25) is 0 Å². The molecule has 6 aromatic rings. The van der Waals surface area contributed by atoms with Crippen LogP contribution in [0.3, 0.4) is 0 Å². The third-order valence-corrected chi connectivity index (χ3v) is 14.7. The molecule has 0 saturated carbocycles. The first-order valence-corrected chi connectivity index (χ1v) is 21.1. The molecule has 0 saturated heterocycles. The molecule has 4 aromatic heterocycles. The number of carbonyl (C=O) groups is 1. The number of aryl methyl sites for hydroxylation is 1. The van der Waals surface area contributed by atoms with Gasteiger partial charge in [-0.05, 0) is 95.0 Å². The number of hydrogen-bond donors (Lipinski definition) is 1. The third-order valence-electron chi connectivity index (χ3n) is 11.3. The summed E-state index contributed by atoms with van der Waals surface area (Å²) in [4.78, 5) is 18.6. The van der Waals surface area contributed by atoms with Crippen molar-refractivity contribution >= 4 is 80.1 Å². The number of aliphatic hydroxyl groups excluding tert-OH is 1. The molecule has 0 amide bonds. The molecule has 7 heteroatoms. The molecule has 0 fully saturated rings. The van der Waals surface area contributed by atoms with Crippen molar-refractivity contribution in [1.82, 2.24) is 4.98 Å². The summed E-state index contributed by atoms with van der Waals surface area (Å²) in [6, 6.07) is 15.2. The fraction of sp³-hybridized carbons (Fsp3) is 0.467. The van der Waals surface area contributed by atoms with E-state index in [9.17, 15) is 9.90 Å². The van der Waals surface area contributed by atoms with Gasteiger partial charge in [-0.3, -0.25) is 9.78 Å². The summed E-state index contributed by atoms with van der Waals surface area (Å²) in [7, 11) is 0. The molecule has 0 aliphatic rings. The average Bonchev–Trinajstić information content (AvgIpc) is 3.80. The molecule has 0 spiro atoms. The SMILES string of the molecule is CCC(C)(CC)C(=O)/C=C(\O)C(C)(CC)CC.Cc1c(CC(C)C)sc2cc3c(cc12)sc1c(-c2[c-]c4ccsc4c(C(C)(C)C)c2)nccc13.[Ir]. The van der Waals surface area contributed by atoms with Crippen LogP contribution >= 0.6 is 34.0 Å². The predicted octanol–water partition coefficient (Wildman–Crippen LogP) is 14.8. The number of aromatic nitrogens is 1. The Hall–Kier alpha value is -2.41. The van der Waals surface area contributed by atoms with Gasteiger partial charge in [0.05, 0.1) is 0 Å². The minimum atomic E-state index is -0.337. The number of nitrogens with zero attached hydrogens (tertiary/aromatic N) is 1. The van der Waals surface area contributed by atoms with Crippen LogP contribution in [0.1, 0.15) is 118 Å². The van der Waals surface area contributed by atoms with Gasteiger partial charge in [0.1, 0.15) is 5.76 Å². The van der Waals surface area contributed by atoms with Crippen molar-refractivity contribution in [1.29, 1.82) is 0 Å². The van der Waals surface area contributed by atoms with Crippen molar-refractivity contribution in [2.45, 2.75) is 121 Å². The van der Waals surface area contributed by atoms with Crippen molar-refractivity contribution in [2.24, 2.45) is 16.7 Å². The maximum absolute atomic E-state index is 12.2. The van der Waals surface area contributed by atoms with Gasteiger partial charge in [0, 0.05) is 73.3 Å². The topological polar surface area (TPSA) is 50.2 Å². The van der Waals surface area contributed by atoms with Crippen molar-refractivity contribution in [3.05, 3.63) is 75.8 Å². The zero-order valence-corrected chi connectivity index (χ0v) is 37.9. The number of thiophene rings is 3. The van der Waals surface area contributed by atoms with Crippen LogP contribution in [0.25, 0.3) is 51.6 Å². The third kappa shape index (κ3) is 8.30. The van der Waals surface area contributed by atoms with Crippen LogP contribution in [0, 0.1) is 29.7 Å². The Morgan fingerprint density at radius 2 is 1.48 bits per heavy atom. The van der Waals surface area contributed by atoms with Gasteiger partial charge in [-0.15, -0.1) is 46.3 Å². The quantitative estimate of drug-likeness (QED) is 0.0846. The van der Waals surface area contributed by atoms with Crippen LogP contribution in [-0.2, 0) is 36.7 Å². The van der Waals surface area contributed by atoms with Crippen molar-refractivity contribution in [3.63, 3.8) is 0 Å². The number of ketones is 1. The molecule has 281 valence electrons. The number of rotatable bonds is 10. The number of carbonyl (C=O) groups excluding carboxylic acids is 1. The molecule has 1 N–H and O–H groups in total. The zero-order valence-electron chi connectivity index (χ0n) is 33.1. The van der Waals surface area contributed by atoms with E-state index in [1.54, 1.807) is 0 Å². The van der Waals surface area contributed by atoms with Crippen LogP contribution in [-0.4, -0.2) is 15.9 Å². The fourth-order valence-corrected chi connectivity index (χ4v) is 10.3. The van der Waals surface area contributed by atoms with Gasteiger partial charge >= 0.3 is 0 Å². The van der Waals surface area contributed by atoms with Gasteiger partial charge in [-0.1, -0.05) is 87.3 Å². The van der Waals surface area contributed by atoms with Crippen LogP contribution < -0.4 is 0 Å². The van der Waals surface area contributed by atoms with E-state index in [1.807, 2.05) is 81.7 Å². The van der Waals surface area contributed by atoms with E-state index in [2.05, 4.69) is 83.3 Å². The summed E-state index contributed by atoms with van der Waals surface area (Å²) in [5, 5.41) is 17.6. The van der Waals surface area contributed by atoms with E-state index in [-0.39, 0.29) is 47.9 Å². The van der Waals surface area contributed by atoms with Crippen molar-refractivity contribution in [3.8, 4) is 11.3 Å². The number of pyridine rings is 1. The summed E-state index contributed by atoms with van der Waals surface area (Å²) >= 11 is 5.66. The Balaban J connectivity index is 0.000000289. The van der Waals surface area contributed by atoms with Gasteiger partial charge in [0.15, 0.2) is 5.78 Å². The van der Waals surface area contributed by atoms with Gasteiger partial charge in [0.25, 0.3) is 0 Å². The van der Waals surface area contributed by atoms with Crippen molar-refractivity contribution < 1.29 is 30.0 Å². The number of aliphatic hydroxyl groups is 1. The standard InChI is InChI=1S/C30H28NS3.C15H28O2.Ir/c1-16(2)11-24-17(3)21-14-26-22(15-25(21)33-24)20-7-9-31-27(29(20)34-26)19-12-18-8-10-32-28(18)23(13-19)30(4,5)6;1-7-14(5,8-2)12(16)11-13(17)15(6,9-3)10-4;/h7-10,13-16H,11H2,1-6H3;11,16H,7-10H2,1-6H3;/q-1;;/b;12-11-;. The number of allylic oxidation sites excluding steroid dienone is 2. The Kier molecular flexibility index (Phi) is 13.5. The minimum Gasteiger partial charge on any atom is -0.512 e. The molecule has 6 rings (SSSR count). The second-order valence-electron chi connectivity index (χ2n) is 16.2. The molecule has 0 bridgehead atoms. The van der Waals surface area contributed by atoms with E-state index in [1.165, 1.54) is 62.4 Å². The monoisotopic (exact) mass is 931 g/mol. The molecule has 1 radical (unpaired) electrons. The first-order valence-electron chi connectivity index (χ1n) is 18.6. The minimum absolute atomic E-state index is 0. The van der Waals surface area contributed by atoms with Crippen LogP contribution in [0.2, 0.25) is 0 Å². The van der Waals surface area contributed by atoms with Crippen LogP contribution in [0.4, 0.5) is 0 Å². The second kappa shape index (κ2) is 16.5. The smallest absolute Gasteiger partial charge is 0.164 e. The van der Waals surface area contributed by atoms with E-state index >= 15 is 0 Å². The van der Waals surface area contributed by atoms with E-state index in [0.717, 1.165) is 43.4 Å². The van der Waals surface area contributed by atoms with Crippen LogP contribution in [0.15, 0.2) is 53.7 Å². The largest absolute Gasteiger partial charge is 0.512 e. The van der Waals surface area contributed by atoms with Crippen molar-refractivity contribution in [2.75, 3.05) is 0 Å². The Morgan fingerprint density at radius 1 is 0.865 bits per heavy atom. The van der Waals surface area contributed by atoms with E-state index in [4.69, 9.17) is 4.98 Å². The molecule has 52 heavy (non-hydrogen) atoms. The molecule has 4 heterocycles. The van der Waals surface area contributed by atoms with Gasteiger partial charge in [-0.2, -0.15) is 11.3 Å². The normalized spacial score (nSPS) is 12.9. The zero-order chi connectivity index (χ0) is 37.5. The van der Waals surface area contributed by atoms with Gasteiger partial charge in [-0.25, -0.2) is 0 Å². The first-order chi connectivity index (χ1) is 24.0. The molecular weight excluding hydrogens is 875 g/mol. The predicted molar refractivity (Wildman–Crippen MR) is 227 cm³/mol. The Morgan fingerprint density at radius 3 is 2.08 bits per heavy atom. The molecule has 0 unspecified atom stereocenters. The summed E-state index contributed by atoms with van der Waals surface area (Å²) in [5.41, 5.74) is 4.45. The maximum atomic E-state index is 12.2. The molecule has 0 aliphatic heterocycles. The second-order valence-corrected chi connectivity index (χ2v) is 19.3. The molecule has 2 aromatic carbocycles. The Labute approximate surface area is 337 Å². The number of fused-ring (bicyclic) bond motifs is 5. The fourth-order valence-electron chi connectivity index (χ4n) is 6.60. The average molecular weight is 931 g/mol. The number of hydrogen-bond acceptors (Lipinski definition) is 6. The summed E-state index contributed by atoms with van der Waals surface area (Å²) in [5.74, 6) is 0.964. The Bertz CT molecular complexity index is 2220. The molecule has 0 aliphatic carbocycles. The molecule has 0 atom stereocenters. The van der Waals surface area contributed by atoms with E-state index < -0.39 is 0 Å². The van der Waals surface area contributed by atoms with Crippen LogP contribution in [0.5, 0.6) is 0 Å². The number of benzene rings is 2.